The summed E-state index contributed by atoms with van der Waals surface area (Å²) in [6.45, 7) is 1.92. The SMILES string of the molecule is CC1CC(=O)C=C(NS(=O)(=O)c2ccc(Cl)cc2)C1. The van der Waals surface area contributed by atoms with Crippen molar-refractivity contribution in [2.75, 3.05) is 0 Å². The van der Waals surface area contributed by atoms with Crippen LogP contribution in [-0.2, 0) is 14.8 Å². The first-order valence-electron chi connectivity index (χ1n) is 5.88. The van der Waals surface area contributed by atoms with Gasteiger partial charge in [0.25, 0.3) is 10.0 Å². The van der Waals surface area contributed by atoms with Crippen LogP contribution in [0.4, 0.5) is 0 Å². The number of sulfonamides is 1. The molecule has 1 N–H and O–H groups in total. The Bertz CT molecular complexity index is 620. The molecule has 0 aliphatic heterocycles. The van der Waals surface area contributed by atoms with Crippen LogP contribution in [0.1, 0.15) is 19.8 Å². The van der Waals surface area contributed by atoms with E-state index in [9.17, 15) is 13.2 Å². The Balaban J connectivity index is 2.22. The van der Waals surface area contributed by atoms with Gasteiger partial charge in [0, 0.05) is 23.2 Å². The Morgan fingerprint density at radius 3 is 2.42 bits per heavy atom. The summed E-state index contributed by atoms with van der Waals surface area (Å²) < 4.78 is 26.7. The first kappa shape index (κ1) is 14.1. The zero-order chi connectivity index (χ0) is 14.0. The molecule has 0 saturated carbocycles. The highest BCUT2D eigenvalue weighted by atomic mass is 35.5. The zero-order valence-electron chi connectivity index (χ0n) is 10.4. The molecule has 1 atom stereocenters. The van der Waals surface area contributed by atoms with Crippen molar-refractivity contribution in [2.45, 2.75) is 24.7 Å². The smallest absolute Gasteiger partial charge is 0.261 e. The third kappa shape index (κ3) is 3.58. The van der Waals surface area contributed by atoms with E-state index in [1.54, 1.807) is 0 Å². The number of carbonyl (C=O) groups excluding carboxylic acids is 1. The second kappa shape index (κ2) is 5.35. The van der Waals surface area contributed by atoms with E-state index in [0.29, 0.717) is 23.6 Å². The van der Waals surface area contributed by atoms with E-state index in [4.69, 9.17) is 11.6 Å². The number of allylic oxidation sites excluding steroid dienone is 2. The first-order chi connectivity index (χ1) is 8.87. The van der Waals surface area contributed by atoms with E-state index in [1.807, 2.05) is 6.92 Å². The van der Waals surface area contributed by atoms with Gasteiger partial charge in [0.1, 0.15) is 0 Å². The molecule has 1 aromatic carbocycles. The fraction of sp³-hybridized carbons (Fsp3) is 0.308. The predicted octanol–water partition coefficient (Wildman–Crippen LogP) is 2.50. The molecular weight excluding hydrogens is 286 g/mol. The number of ketones is 1. The van der Waals surface area contributed by atoms with Crippen LogP contribution in [0.2, 0.25) is 5.02 Å². The molecule has 1 unspecified atom stereocenters. The van der Waals surface area contributed by atoms with Crippen LogP contribution in [0.3, 0.4) is 0 Å². The van der Waals surface area contributed by atoms with Gasteiger partial charge in [0.05, 0.1) is 4.90 Å². The van der Waals surface area contributed by atoms with Crippen LogP contribution in [0.5, 0.6) is 0 Å². The number of rotatable bonds is 3. The largest absolute Gasteiger partial charge is 0.295 e. The highest BCUT2D eigenvalue weighted by molar-refractivity contribution is 7.89. The molecule has 0 bridgehead atoms. The quantitative estimate of drug-likeness (QED) is 0.932. The van der Waals surface area contributed by atoms with Crippen LogP contribution >= 0.6 is 11.6 Å². The van der Waals surface area contributed by atoms with Gasteiger partial charge in [0.2, 0.25) is 0 Å². The molecule has 1 aliphatic carbocycles. The van der Waals surface area contributed by atoms with Gasteiger partial charge in [-0.15, -0.1) is 0 Å². The molecule has 102 valence electrons. The van der Waals surface area contributed by atoms with Crippen molar-refractivity contribution in [1.29, 1.82) is 0 Å². The Morgan fingerprint density at radius 1 is 1.21 bits per heavy atom. The minimum atomic E-state index is -3.65. The molecule has 0 amide bonds. The Morgan fingerprint density at radius 2 is 1.84 bits per heavy atom. The molecule has 6 heteroatoms. The summed E-state index contributed by atoms with van der Waals surface area (Å²) >= 11 is 5.72. The average molecular weight is 300 g/mol. The molecule has 0 spiro atoms. The number of hydrogen-bond donors (Lipinski definition) is 1. The molecule has 0 aromatic heterocycles. The minimum absolute atomic E-state index is 0.0486. The molecule has 2 rings (SSSR count). The van der Waals surface area contributed by atoms with E-state index in [0.717, 1.165) is 0 Å². The van der Waals surface area contributed by atoms with Crippen molar-refractivity contribution in [3.63, 3.8) is 0 Å². The molecule has 1 aliphatic rings. The standard InChI is InChI=1S/C13H14ClNO3S/c1-9-6-11(8-12(16)7-9)15-19(17,18)13-4-2-10(14)3-5-13/h2-5,8-9,15H,6-7H2,1H3. The van der Waals surface area contributed by atoms with Crippen molar-refractivity contribution < 1.29 is 13.2 Å². The normalized spacial score (nSPS) is 20.0. The lowest BCUT2D eigenvalue weighted by atomic mass is 9.93. The van der Waals surface area contributed by atoms with E-state index in [2.05, 4.69) is 4.72 Å². The van der Waals surface area contributed by atoms with E-state index >= 15 is 0 Å². The number of nitrogens with one attached hydrogen (secondary N) is 1. The lowest BCUT2D eigenvalue weighted by Crippen LogP contribution is -2.27. The maximum Gasteiger partial charge on any atom is 0.261 e. The van der Waals surface area contributed by atoms with E-state index < -0.39 is 10.0 Å². The fourth-order valence-electron chi connectivity index (χ4n) is 2.02. The molecule has 19 heavy (non-hydrogen) atoms. The van der Waals surface area contributed by atoms with Crippen molar-refractivity contribution in [1.82, 2.24) is 4.72 Å². The fourth-order valence-corrected chi connectivity index (χ4v) is 3.25. The van der Waals surface area contributed by atoms with Gasteiger partial charge < -0.3 is 0 Å². The van der Waals surface area contributed by atoms with Gasteiger partial charge in [-0.05, 0) is 36.6 Å². The number of carbonyl (C=O) groups is 1. The average Bonchev–Trinajstić information content (AvgIpc) is 2.27. The monoisotopic (exact) mass is 299 g/mol. The summed E-state index contributed by atoms with van der Waals surface area (Å²) in [5.74, 6) is 0.105. The number of halogens is 1. The van der Waals surface area contributed by atoms with Crippen molar-refractivity contribution in [3.05, 3.63) is 41.1 Å². The van der Waals surface area contributed by atoms with Gasteiger partial charge in [0.15, 0.2) is 5.78 Å². The number of benzene rings is 1. The molecule has 4 nitrogen and oxygen atoms in total. The van der Waals surface area contributed by atoms with Crippen molar-refractivity contribution >= 4 is 27.4 Å². The lowest BCUT2D eigenvalue weighted by molar-refractivity contribution is -0.115. The highest BCUT2D eigenvalue weighted by Gasteiger charge is 2.21. The summed E-state index contributed by atoms with van der Waals surface area (Å²) in [5.41, 5.74) is 0.443. The maximum atomic E-state index is 12.1. The summed E-state index contributed by atoms with van der Waals surface area (Å²) in [4.78, 5) is 11.6. The van der Waals surface area contributed by atoms with Crippen LogP contribution in [0.25, 0.3) is 0 Å². The Kier molecular flexibility index (Phi) is 3.96. The van der Waals surface area contributed by atoms with Gasteiger partial charge in [-0.25, -0.2) is 8.42 Å². The van der Waals surface area contributed by atoms with Crippen molar-refractivity contribution in [3.8, 4) is 0 Å². The Labute approximate surface area is 117 Å². The molecule has 0 radical (unpaired) electrons. The highest BCUT2D eigenvalue weighted by Crippen LogP contribution is 2.22. The van der Waals surface area contributed by atoms with Gasteiger partial charge in [-0.3, -0.25) is 9.52 Å². The van der Waals surface area contributed by atoms with Crippen LogP contribution in [-0.4, -0.2) is 14.2 Å². The zero-order valence-corrected chi connectivity index (χ0v) is 12.0. The van der Waals surface area contributed by atoms with E-state index in [1.165, 1.54) is 30.3 Å². The van der Waals surface area contributed by atoms with Crippen LogP contribution in [0, 0.1) is 5.92 Å². The Hall–Kier alpha value is -1.33. The van der Waals surface area contributed by atoms with Crippen LogP contribution in [0.15, 0.2) is 40.9 Å². The maximum absolute atomic E-state index is 12.1. The summed E-state index contributed by atoms with van der Waals surface area (Å²) in [5, 5.41) is 0.472. The second-order valence-corrected chi connectivity index (χ2v) is 6.83. The van der Waals surface area contributed by atoms with Gasteiger partial charge in [-0.1, -0.05) is 18.5 Å². The first-order valence-corrected chi connectivity index (χ1v) is 7.75. The predicted molar refractivity (Wildman–Crippen MR) is 73.3 cm³/mol. The number of hydrogen-bond acceptors (Lipinski definition) is 3. The second-order valence-electron chi connectivity index (χ2n) is 4.71. The molecule has 1 aromatic rings. The van der Waals surface area contributed by atoms with Gasteiger partial charge >= 0.3 is 0 Å². The molecule has 0 saturated heterocycles. The molecule has 0 heterocycles. The lowest BCUT2D eigenvalue weighted by Gasteiger charge is -2.19. The van der Waals surface area contributed by atoms with E-state index in [-0.39, 0.29) is 16.6 Å². The summed E-state index contributed by atoms with van der Waals surface area (Å²) in [6.07, 6.45) is 2.39. The molecule has 0 fully saturated rings. The van der Waals surface area contributed by atoms with Crippen molar-refractivity contribution in [2.24, 2.45) is 5.92 Å². The summed E-state index contributed by atoms with van der Waals surface area (Å²) in [6, 6.07) is 5.89. The third-order valence-corrected chi connectivity index (χ3v) is 4.52. The van der Waals surface area contributed by atoms with Gasteiger partial charge in [-0.2, -0.15) is 0 Å². The molecular formula is C13H14ClNO3S. The summed E-state index contributed by atoms with van der Waals surface area (Å²) in [7, 11) is -3.65. The van der Waals surface area contributed by atoms with Crippen LogP contribution < -0.4 is 4.72 Å². The third-order valence-electron chi connectivity index (χ3n) is 2.84. The minimum Gasteiger partial charge on any atom is -0.295 e. The topological polar surface area (TPSA) is 63.2 Å².